The molecule has 0 fully saturated rings. The van der Waals surface area contributed by atoms with Crippen LogP contribution in [0.4, 0.5) is 0 Å². The first-order valence-corrected chi connectivity index (χ1v) is 4.12. The van der Waals surface area contributed by atoms with Crippen LogP contribution in [0.3, 0.4) is 0 Å². The lowest BCUT2D eigenvalue weighted by Crippen LogP contribution is -1.93. The molecular formula is C9H21NO. The zero-order valence-corrected chi connectivity index (χ0v) is 8.40. The van der Waals surface area contributed by atoms with E-state index in [9.17, 15) is 4.79 Å². The maximum absolute atomic E-state index is 10.3. The van der Waals surface area contributed by atoms with Gasteiger partial charge in [-0.3, -0.25) is 0 Å². The lowest BCUT2D eigenvalue weighted by atomic mass is 10.1. The van der Waals surface area contributed by atoms with E-state index in [4.69, 9.17) is 0 Å². The van der Waals surface area contributed by atoms with Crippen molar-refractivity contribution in [3.8, 4) is 0 Å². The summed E-state index contributed by atoms with van der Waals surface area (Å²) in [5, 5.41) is 2.75. The molecule has 0 rings (SSSR count). The highest BCUT2D eigenvalue weighted by Crippen LogP contribution is 2.02. The maximum Gasteiger partial charge on any atom is 0.129 e. The van der Waals surface area contributed by atoms with Crippen LogP contribution in [0.2, 0.25) is 0 Å². The zero-order chi connectivity index (χ0) is 9.28. The van der Waals surface area contributed by atoms with Crippen LogP contribution in [0.25, 0.3) is 0 Å². The fourth-order valence-corrected chi connectivity index (χ4v) is 0.492. The van der Waals surface area contributed by atoms with Gasteiger partial charge < -0.3 is 10.1 Å². The van der Waals surface area contributed by atoms with Gasteiger partial charge in [-0.05, 0) is 33.4 Å². The number of carbonyl (C=O) groups is 1. The molecule has 2 heteroatoms. The highest BCUT2D eigenvalue weighted by atomic mass is 16.1. The predicted molar refractivity (Wildman–Crippen MR) is 49.7 cm³/mol. The van der Waals surface area contributed by atoms with Crippen LogP contribution in [-0.2, 0) is 4.79 Å². The van der Waals surface area contributed by atoms with Crippen LogP contribution in [0.1, 0.15) is 33.6 Å². The minimum atomic E-state index is 0.304. The van der Waals surface area contributed by atoms with Crippen molar-refractivity contribution in [2.75, 3.05) is 14.1 Å². The average molecular weight is 159 g/mol. The monoisotopic (exact) mass is 159 g/mol. The summed E-state index contributed by atoms with van der Waals surface area (Å²) in [4.78, 5) is 10.3. The molecule has 11 heavy (non-hydrogen) atoms. The second-order valence-corrected chi connectivity index (χ2v) is 3.13. The molecule has 0 unspecified atom stereocenters. The van der Waals surface area contributed by atoms with E-state index in [-0.39, 0.29) is 0 Å². The van der Waals surface area contributed by atoms with Gasteiger partial charge in [-0.2, -0.15) is 0 Å². The molecule has 0 aromatic heterocycles. The minimum Gasteiger partial charge on any atom is -0.323 e. The molecule has 68 valence electrons. The van der Waals surface area contributed by atoms with Gasteiger partial charge in [-0.25, -0.2) is 0 Å². The van der Waals surface area contributed by atoms with E-state index in [1.54, 1.807) is 6.92 Å². The number of ketones is 1. The van der Waals surface area contributed by atoms with Gasteiger partial charge in [0.2, 0.25) is 0 Å². The third-order valence-corrected chi connectivity index (χ3v) is 1.07. The standard InChI is InChI=1S/C7H14O.C2H7N/c1-6(2)4-5-7(3)8;1-3-2/h6H,4-5H2,1-3H3;3H,1-2H3. The Hall–Kier alpha value is -0.370. The van der Waals surface area contributed by atoms with Crippen molar-refractivity contribution in [2.24, 2.45) is 5.92 Å². The Balaban J connectivity index is 0. The summed E-state index contributed by atoms with van der Waals surface area (Å²) >= 11 is 0. The van der Waals surface area contributed by atoms with Gasteiger partial charge >= 0.3 is 0 Å². The van der Waals surface area contributed by atoms with E-state index >= 15 is 0 Å². The molecule has 0 aliphatic carbocycles. The summed E-state index contributed by atoms with van der Waals surface area (Å²) in [6.07, 6.45) is 1.78. The Bertz CT molecular complexity index is 89.6. The molecule has 0 spiro atoms. The largest absolute Gasteiger partial charge is 0.323 e. The first-order valence-electron chi connectivity index (χ1n) is 4.12. The topological polar surface area (TPSA) is 29.1 Å². The number of nitrogens with one attached hydrogen (secondary N) is 1. The molecule has 0 saturated heterocycles. The molecule has 0 aromatic rings. The van der Waals surface area contributed by atoms with E-state index in [0.717, 1.165) is 12.8 Å². The van der Waals surface area contributed by atoms with Gasteiger partial charge in [-0.1, -0.05) is 13.8 Å². The Labute approximate surface area is 70.4 Å². The molecule has 0 amide bonds. The second-order valence-electron chi connectivity index (χ2n) is 3.13. The van der Waals surface area contributed by atoms with Crippen molar-refractivity contribution in [3.05, 3.63) is 0 Å². The van der Waals surface area contributed by atoms with Gasteiger partial charge in [0.15, 0.2) is 0 Å². The van der Waals surface area contributed by atoms with E-state index in [1.165, 1.54) is 0 Å². The first-order chi connectivity index (χ1) is 5.04. The second kappa shape index (κ2) is 9.63. The lowest BCUT2D eigenvalue weighted by Gasteiger charge is -1.98. The van der Waals surface area contributed by atoms with Gasteiger partial charge in [0.1, 0.15) is 5.78 Å². The third-order valence-electron chi connectivity index (χ3n) is 1.07. The van der Waals surface area contributed by atoms with Crippen molar-refractivity contribution in [1.29, 1.82) is 0 Å². The van der Waals surface area contributed by atoms with Gasteiger partial charge in [0, 0.05) is 6.42 Å². The fourth-order valence-electron chi connectivity index (χ4n) is 0.492. The Morgan fingerprint density at radius 1 is 1.36 bits per heavy atom. The fraction of sp³-hybridized carbons (Fsp3) is 0.889. The van der Waals surface area contributed by atoms with Crippen LogP contribution >= 0.6 is 0 Å². The molecule has 0 bridgehead atoms. The van der Waals surface area contributed by atoms with E-state index in [1.807, 2.05) is 14.1 Å². The van der Waals surface area contributed by atoms with Crippen molar-refractivity contribution >= 4 is 5.78 Å². The summed E-state index contributed by atoms with van der Waals surface area (Å²) in [5.74, 6) is 0.970. The predicted octanol–water partition coefficient (Wildman–Crippen LogP) is 1.85. The lowest BCUT2D eigenvalue weighted by molar-refractivity contribution is -0.117. The number of Topliss-reactive ketones (excluding diaryl/α,β-unsaturated/α-hetero) is 1. The van der Waals surface area contributed by atoms with Crippen LogP contribution in [0.5, 0.6) is 0 Å². The highest BCUT2D eigenvalue weighted by Gasteiger charge is 1.95. The number of rotatable bonds is 3. The summed E-state index contributed by atoms with van der Waals surface area (Å²) < 4.78 is 0. The molecule has 0 atom stereocenters. The summed E-state index contributed by atoms with van der Waals surface area (Å²) in [6, 6.07) is 0. The summed E-state index contributed by atoms with van der Waals surface area (Å²) in [5.41, 5.74) is 0. The quantitative estimate of drug-likeness (QED) is 0.681. The summed E-state index contributed by atoms with van der Waals surface area (Å²) in [6.45, 7) is 5.90. The van der Waals surface area contributed by atoms with Gasteiger partial charge in [0.05, 0.1) is 0 Å². The van der Waals surface area contributed by atoms with Crippen molar-refractivity contribution in [1.82, 2.24) is 5.32 Å². The molecule has 0 aromatic carbocycles. The Morgan fingerprint density at radius 3 is 1.82 bits per heavy atom. The molecule has 0 radical (unpaired) electrons. The van der Waals surface area contributed by atoms with Crippen molar-refractivity contribution in [2.45, 2.75) is 33.6 Å². The van der Waals surface area contributed by atoms with Crippen molar-refractivity contribution < 1.29 is 4.79 Å². The maximum atomic E-state index is 10.3. The molecular weight excluding hydrogens is 138 g/mol. The number of carbonyl (C=O) groups excluding carboxylic acids is 1. The Kier molecular flexibility index (Phi) is 11.6. The third kappa shape index (κ3) is 26.2. The SMILES string of the molecule is CC(=O)CCC(C)C.CNC. The van der Waals surface area contributed by atoms with Crippen molar-refractivity contribution in [3.63, 3.8) is 0 Å². The molecule has 0 aliphatic rings. The molecule has 0 aliphatic heterocycles. The van der Waals surface area contributed by atoms with E-state index < -0.39 is 0 Å². The Morgan fingerprint density at radius 2 is 1.73 bits per heavy atom. The van der Waals surface area contributed by atoms with Crippen LogP contribution < -0.4 is 5.32 Å². The number of hydrogen-bond acceptors (Lipinski definition) is 2. The molecule has 0 heterocycles. The number of hydrogen-bond donors (Lipinski definition) is 1. The smallest absolute Gasteiger partial charge is 0.129 e. The highest BCUT2D eigenvalue weighted by molar-refractivity contribution is 5.75. The van der Waals surface area contributed by atoms with Gasteiger partial charge in [-0.15, -0.1) is 0 Å². The average Bonchev–Trinajstić information content (AvgIpc) is 1.85. The summed E-state index contributed by atoms with van der Waals surface area (Å²) in [7, 11) is 3.75. The molecule has 1 N–H and O–H groups in total. The molecule has 2 nitrogen and oxygen atoms in total. The van der Waals surface area contributed by atoms with Crippen LogP contribution in [0, 0.1) is 5.92 Å². The van der Waals surface area contributed by atoms with E-state index in [2.05, 4.69) is 19.2 Å². The van der Waals surface area contributed by atoms with Crippen LogP contribution in [0.15, 0.2) is 0 Å². The minimum absolute atomic E-state index is 0.304. The van der Waals surface area contributed by atoms with Crippen LogP contribution in [-0.4, -0.2) is 19.9 Å². The van der Waals surface area contributed by atoms with E-state index in [0.29, 0.717) is 11.7 Å². The first kappa shape index (κ1) is 13.2. The van der Waals surface area contributed by atoms with Gasteiger partial charge in [0.25, 0.3) is 0 Å². The molecule has 0 saturated carbocycles. The normalized spacial score (nSPS) is 8.91. The zero-order valence-electron chi connectivity index (χ0n) is 8.40.